The number of hydrogen-bond donors (Lipinski definition) is 0. The molecule has 3 heterocycles. The van der Waals surface area contributed by atoms with Crippen LogP contribution in [0.4, 0.5) is 0 Å². The number of benzene rings is 1. The number of carbonyl (C=O) groups is 1. The Balaban J connectivity index is 1.67. The van der Waals surface area contributed by atoms with Crippen LogP contribution < -0.4 is 5.56 Å². The van der Waals surface area contributed by atoms with Crippen LogP contribution in [0, 0.1) is 11.3 Å². The normalized spacial score (nSPS) is 15.4. The van der Waals surface area contributed by atoms with Gasteiger partial charge in [0.05, 0.1) is 30.4 Å². The lowest BCUT2D eigenvalue weighted by Crippen LogP contribution is -2.32. The Morgan fingerprint density at radius 3 is 2.93 bits per heavy atom. The first-order chi connectivity index (χ1) is 13.6. The fourth-order valence-corrected chi connectivity index (χ4v) is 4.37. The fourth-order valence-electron chi connectivity index (χ4n) is 3.24. The number of nitrogens with zero attached hydrogens (tertiary/aromatic N) is 6. The maximum Gasteiger partial charge on any atom is 0.265 e. The number of thioether (sulfide) groups is 1. The Bertz CT molecular complexity index is 1130. The minimum Gasteiger partial charge on any atom is -0.345 e. The van der Waals surface area contributed by atoms with Gasteiger partial charge in [-0.15, -0.1) is 0 Å². The highest BCUT2D eigenvalue weighted by molar-refractivity contribution is 7.99. The lowest BCUT2D eigenvalue weighted by molar-refractivity contribution is -0.130. The predicted molar refractivity (Wildman–Crippen MR) is 105 cm³/mol. The summed E-state index contributed by atoms with van der Waals surface area (Å²) in [5.74, 6) is 0.534. The van der Waals surface area contributed by atoms with E-state index in [0.29, 0.717) is 34.9 Å². The molecule has 1 aromatic carbocycles. The van der Waals surface area contributed by atoms with Crippen LogP contribution in [-0.2, 0) is 4.79 Å². The van der Waals surface area contributed by atoms with Crippen molar-refractivity contribution in [3.8, 4) is 11.8 Å². The molecule has 0 bridgehead atoms. The summed E-state index contributed by atoms with van der Waals surface area (Å²) in [5, 5.41) is 14.1. The third-order valence-electron chi connectivity index (χ3n) is 4.77. The van der Waals surface area contributed by atoms with E-state index < -0.39 is 0 Å². The monoisotopic (exact) mass is 394 g/mol. The minimum atomic E-state index is -0.249. The number of carbonyl (C=O) groups excluding carboxylic acids is 1. The highest BCUT2D eigenvalue weighted by Gasteiger charge is 2.30. The highest BCUT2D eigenvalue weighted by atomic mass is 32.2. The molecule has 1 aliphatic heterocycles. The molecule has 1 unspecified atom stereocenters. The molecule has 3 aromatic rings. The van der Waals surface area contributed by atoms with Crippen molar-refractivity contribution in [2.24, 2.45) is 0 Å². The molecule has 142 valence electrons. The van der Waals surface area contributed by atoms with Crippen LogP contribution in [0.3, 0.4) is 0 Å². The summed E-state index contributed by atoms with van der Waals surface area (Å²) >= 11 is 1.47. The second-order valence-electron chi connectivity index (χ2n) is 6.59. The number of hydrogen-bond acceptors (Lipinski definition) is 6. The van der Waals surface area contributed by atoms with E-state index in [0.717, 1.165) is 5.69 Å². The fraction of sp³-hybridized carbons (Fsp3) is 0.316. The average molecular weight is 394 g/mol. The van der Waals surface area contributed by atoms with Crippen LogP contribution in [0.1, 0.15) is 18.9 Å². The SMILES string of the molecule is CN(CCC#N)C(=O)CC1CSc2nc3c(cnn3-c3ccccc3)c(=O)n21. The van der Waals surface area contributed by atoms with Crippen molar-refractivity contribution < 1.29 is 4.79 Å². The van der Waals surface area contributed by atoms with Gasteiger partial charge in [0.25, 0.3) is 5.56 Å². The summed E-state index contributed by atoms with van der Waals surface area (Å²) in [6, 6.07) is 11.3. The summed E-state index contributed by atoms with van der Waals surface area (Å²) in [5.41, 5.74) is 1.18. The van der Waals surface area contributed by atoms with Gasteiger partial charge in [0.1, 0.15) is 5.39 Å². The van der Waals surface area contributed by atoms with Crippen molar-refractivity contribution in [1.82, 2.24) is 24.2 Å². The zero-order valence-electron chi connectivity index (χ0n) is 15.3. The summed E-state index contributed by atoms with van der Waals surface area (Å²) in [7, 11) is 1.68. The molecule has 0 saturated heterocycles. The van der Waals surface area contributed by atoms with E-state index in [4.69, 9.17) is 5.26 Å². The first-order valence-corrected chi connectivity index (χ1v) is 9.88. The van der Waals surface area contributed by atoms with Crippen molar-refractivity contribution in [3.05, 3.63) is 46.9 Å². The van der Waals surface area contributed by atoms with Crippen molar-refractivity contribution >= 4 is 28.7 Å². The Morgan fingerprint density at radius 2 is 2.18 bits per heavy atom. The van der Waals surface area contributed by atoms with Crippen molar-refractivity contribution in [1.29, 1.82) is 5.26 Å². The van der Waals surface area contributed by atoms with E-state index in [1.165, 1.54) is 22.9 Å². The predicted octanol–water partition coefficient (Wildman–Crippen LogP) is 1.99. The van der Waals surface area contributed by atoms with Crippen LogP contribution in [0.15, 0.2) is 46.5 Å². The quantitative estimate of drug-likeness (QED) is 0.614. The Labute approximate surface area is 165 Å². The molecule has 2 aromatic heterocycles. The lowest BCUT2D eigenvalue weighted by Gasteiger charge is -2.19. The Hall–Kier alpha value is -3.12. The van der Waals surface area contributed by atoms with Gasteiger partial charge in [-0.05, 0) is 12.1 Å². The minimum absolute atomic E-state index is 0.0827. The molecule has 1 amide bonds. The topological polar surface area (TPSA) is 96.8 Å². The lowest BCUT2D eigenvalue weighted by atomic mass is 10.2. The van der Waals surface area contributed by atoms with Gasteiger partial charge in [0.15, 0.2) is 10.8 Å². The van der Waals surface area contributed by atoms with Gasteiger partial charge < -0.3 is 4.90 Å². The van der Waals surface area contributed by atoms with E-state index in [-0.39, 0.29) is 23.9 Å². The van der Waals surface area contributed by atoms with Crippen LogP contribution in [-0.4, -0.2) is 49.5 Å². The third kappa shape index (κ3) is 3.16. The molecule has 1 aliphatic rings. The first kappa shape index (κ1) is 18.3. The molecule has 8 nitrogen and oxygen atoms in total. The van der Waals surface area contributed by atoms with Gasteiger partial charge >= 0.3 is 0 Å². The van der Waals surface area contributed by atoms with Crippen molar-refractivity contribution in [3.63, 3.8) is 0 Å². The number of para-hydroxylation sites is 1. The molecule has 1 atom stereocenters. The summed E-state index contributed by atoms with van der Waals surface area (Å²) in [6.07, 6.45) is 2.03. The number of amides is 1. The molecule has 0 fully saturated rings. The summed E-state index contributed by atoms with van der Waals surface area (Å²) in [6.45, 7) is 0.387. The van der Waals surface area contributed by atoms with Crippen molar-refractivity contribution in [2.45, 2.75) is 24.0 Å². The second kappa shape index (κ2) is 7.48. The molecule has 0 spiro atoms. The molecule has 9 heteroatoms. The van der Waals surface area contributed by atoms with E-state index in [9.17, 15) is 9.59 Å². The standard InChI is InChI=1S/C19H18N6O2S/c1-23(9-5-8-20)16(26)10-14-12-28-19-22-17-15(18(27)24(14)19)11-21-25(17)13-6-3-2-4-7-13/h2-4,6-7,11,14H,5,9-10,12H2,1H3. The Kier molecular flexibility index (Phi) is 4.88. The molecule has 4 rings (SSSR count). The molecule has 0 aliphatic carbocycles. The highest BCUT2D eigenvalue weighted by Crippen LogP contribution is 2.33. The van der Waals surface area contributed by atoms with Crippen LogP contribution in [0.2, 0.25) is 0 Å². The number of nitriles is 1. The third-order valence-corrected chi connectivity index (χ3v) is 5.86. The van der Waals surface area contributed by atoms with E-state index >= 15 is 0 Å². The average Bonchev–Trinajstić information content (AvgIpc) is 3.31. The van der Waals surface area contributed by atoms with Gasteiger partial charge in [0.2, 0.25) is 5.91 Å². The maximum atomic E-state index is 13.1. The zero-order chi connectivity index (χ0) is 19.7. The molecule has 28 heavy (non-hydrogen) atoms. The summed E-state index contributed by atoms with van der Waals surface area (Å²) in [4.78, 5) is 31.7. The van der Waals surface area contributed by atoms with Crippen LogP contribution in [0.5, 0.6) is 0 Å². The van der Waals surface area contributed by atoms with Gasteiger partial charge in [0, 0.05) is 25.8 Å². The first-order valence-electron chi connectivity index (χ1n) is 8.89. The van der Waals surface area contributed by atoms with Gasteiger partial charge in [-0.25, -0.2) is 9.67 Å². The molecular weight excluding hydrogens is 376 g/mol. The summed E-state index contributed by atoms with van der Waals surface area (Å²) < 4.78 is 3.27. The molecule has 0 N–H and O–H groups in total. The van der Waals surface area contributed by atoms with E-state index in [1.807, 2.05) is 36.4 Å². The smallest absolute Gasteiger partial charge is 0.265 e. The van der Waals surface area contributed by atoms with Crippen molar-refractivity contribution in [2.75, 3.05) is 19.3 Å². The van der Waals surface area contributed by atoms with Gasteiger partial charge in [-0.3, -0.25) is 14.2 Å². The van der Waals surface area contributed by atoms with Gasteiger partial charge in [-0.1, -0.05) is 30.0 Å². The number of fused-ring (bicyclic) bond motifs is 2. The molecular formula is C19H18N6O2S. The largest absolute Gasteiger partial charge is 0.345 e. The number of rotatable bonds is 5. The van der Waals surface area contributed by atoms with Crippen LogP contribution >= 0.6 is 11.8 Å². The maximum absolute atomic E-state index is 13.1. The number of aromatic nitrogens is 4. The Morgan fingerprint density at radius 1 is 1.39 bits per heavy atom. The van der Waals surface area contributed by atoms with E-state index in [1.54, 1.807) is 16.3 Å². The molecule has 0 saturated carbocycles. The van der Waals surface area contributed by atoms with Gasteiger partial charge in [-0.2, -0.15) is 10.4 Å². The van der Waals surface area contributed by atoms with E-state index in [2.05, 4.69) is 10.1 Å². The zero-order valence-corrected chi connectivity index (χ0v) is 16.1. The van der Waals surface area contributed by atoms with Crippen LogP contribution in [0.25, 0.3) is 16.7 Å². The molecule has 0 radical (unpaired) electrons. The second-order valence-corrected chi connectivity index (χ2v) is 7.58.